The zero-order valence-electron chi connectivity index (χ0n) is 18.9. The molecule has 0 spiro atoms. The molecule has 0 unspecified atom stereocenters. The number of carbonyl (C=O) groups is 2. The molecular weight excluding hydrogens is 467 g/mol. The minimum atomic E-state index is -4.49. The summed E-state index contributed by atoms with van der Waals surface area (Å²) >= 11 is 1.19. The SMILES string of the molecule is Cc1cc(OCC(=O)O)ccc1C(=O)CCc1sc(-c2ccccc2C(F)(F)F)nc1C(C)C. The van der Waals surface area contributed by atoms with Gasteiger partial charge in [0.2, 0.25) is 0 Å². The van der Waals surface area contributed by atoms with Crippen molar-refractivity contribution in [1.82, 2.24) is 4.98 Å². The van der Waals surface area contributed by atoms with Crippen molar-refractivity contribution in [1.29, 1.82) is 0 Å². The average molecular weight is 492 g/mol. The van der Waals surface area contributed by atoms with Crippen LogP contribution in [0, 0.1) is 6.92 Å². The van der Waals surface area contributed by atoms with Gasteiger partial charge in [-0.05, 0) is 49.1 Å². The molecule has 34 heavy (non-hydrogen) atoms. The van der Waals surface area contributed by atoms with E-state index in [1.807, 2.05) is 13.8 Å². The summed E-state index contributed by atoms with van der Waals surface area (Å²) in [6.07, 6.45) is -3.97. The Balaban J connectivity index is 1.81. The second kappa shape index (κ2) is 10.4. The molecule has 0 bridgehead atoms. The number of nitrogens with zero attached hydrogens (tertiary/aromatic N) is 1. The highest BCUT2D eigenvalue weighted by Gasteiger charge is 2.34. The van der Waals surface area contributed by atoms with Crippen molar-refractivity contribution in [3.05, 3.63) is 69.7 Å². The third-order valence-corrected chi connectivity index (χ3v) is 6.34. The third kappa shape index (κ3) is 6.02. The van der Waals surface area contributed by atoms with Crippen LogP contribution in [0.2, 0.25) is 0 Å². The highest BCUT2D eigenvalue weighted by molar-refractivity contribution is 7.15. The van der Waals surface area contributed by atoms with Gasteiger partial charge in [-0.1, -0.05) is 32.0 Å². The normalized spacial score (nSPS) is 11.6. The fourth-order valence-corrected chi connectivity index (χ4v) is 4.83. The van der Waals surface area contributed by atoms with E-state index in [9.17, 15) is 22.8 Å². The van der Waals surface area contributed by atoms with Crippen LogP contribution in [0.3, 0.4) is 0 Å². The van der Waals surface area contributed by atoms with Gasteiger partial charge in [-0.15, -0.1) is 11.3 Å². The van der Waals surface area contributed by atoms with Crippen LogP contribution in [-0.2, 0) is 17.4 Å². The molecule has 0 aliphatic rings. The largest absolute Gasteiger partial charge is 0.482 e. The van der Waals surface area contributed by atoms with Crippen LogP contribution in [0.5, 0.6) is 5.75 Å². The van der Waals surface area contributed by atoms with Crippen molar-refractivity contribution in [2.24, 2.45) is 0 Å². The molecule has 180 valence electrons. The van der Waals surface area contributed by atoms with Crippen molar-refractivity contribution in [2.45, 2.75) is 45.7 Å². The Labute approximate surface area is 199 Å². The molecule has 2 aromatic carbocycles. The van der Waals surface area contributed by atoms with Gasteiger partial charge in [-0.25, -0.2) is 9.78 Å². The van der Waals surface area contributed by atoms with E-state index < -0.39 is 24.3 Å². The Morgan fingerprint density at radius 3 is 2.47 bits per heavy atom. The number of carboxylic acids is 1. The van der Waals surface area contributed by atoms with E-state index in [-0.39, 0.29) is 28.7 Å². The topological polar surface area (TPSA) is 76.5 Å². The Morgan fingerprint density at radius 1 is 1.15 bits per heavy atom. The van der Waals surface area contributed by atoms with Crippen LogP contribution in [0.25, 0.3) is 10.6 Å². The number of ketones is 1. The second-order valence-electron chi connectivity index (χ2n) is 8.11. The second-order valence-corrected chi connectivity index (χ2v) is 9.19. The number of aromatic nitrogens is 1. The summed E-state index contributed by atoms with van der Waals surface area (Å²) in [6, 6.07) is 10.1. The smallest absolute Gasteiger partial charge is 0.417 e. The number of hydrogen-bond acceptors (Lipinski definition) is 5. The maximum absolute atomic E-state index is 13.5. The predicted octanol–water partition coefficient (Wildman–Crippen LogP) is 6.54. The number of carbonyl (C=O) groups excluding carboxylic acids is 1. The van der Waals surface area contributed by atoms with E-state index in [1.165, 1.54) is 23.5 Å². The number of rotatable bonds is 9. The van der Waals surface area contributed by atoms with Crippen LogP contribution in [0.4, 0.5) is 13.2 Å². The Morgan fingerprint density at radius 2 is 1.85 bits per heavy atom. The van der Waals surface area contributed by atoms with Crippen LogP contribution in [0.1, 0.15) is 58.2 Å². The molecule has 3 aromatic rings. The van der Waals surface area contributed by atoms with Gasteiger partial charge in [0.05, 0.1) is 11.3 Å². The zero-order valence-corrected chi connectivity index (χ0v) is 19.7. The predicted molar refractivity (Wildman–Crippen MR) is 124 cm³/mol. The molecule has 0 aliphatic heterocycles. The van der Waals surface area contributed by atoms with Gasteiger partial charge >= 0.3 is 12.1 Å². The molecule has 0 aliphatic carbocycles. The number of halogens is 3. The number of thiazole rings is 1. The van der Waals surface area contributed by atoms with Gasteiger partial charge in [0.1, 0.15) is 10.8 Å². The van der Waals surface area contributed by atoms with Crippen molar-refractivity contribution in [2.75, 3.05) is 6.61 Å². The highest BCUT2D eigenvalue weighted by atomic mass is 32.1. The molecular formula is C25H24F3NO4S. The van der Waals surface area contributed by atoms with Gasteiger partial charge in [0.15, 0.2) is 12.4 Å². The number of hydrogen-bond donors (Lipinski definition) is 1. The van der Waals surface area contributed by atoms with Crippen LogP contribution < -0.4 is 4.74 Å². The lowest BCUT2D eigenvalue weighted by Gasteiger charge is -2.10. The Kier molecular flexibility index (Phi) is 7.76. The fraction of sp³-hybridized carbons (Fsp3) is 0.320. The number of aryl methyl sites for hydroxylation is 2. The van der Waals surface area contributed by atoms with Crippen molar-refractivity contribution in [3.8, 4) is 16.3 Å². The van der Waals surface area contributed by atoms with Crippen LogP contribution in [-0.4, -0.2) is 28.4 Å². The molecule has 0 radical (unpaired) electrons. The van der Waals surface area contributed by atoms with E-state index in [0.29, 0.717) is 29.0 Å². The third-order valence-electron chi connectivity index (χ3n) is 5.18. The first-order valence-corrected chi connectivity index (χ1v) is 11.4. The van der Waals surface area contributed by atoms with Gasteiger partial charge in [-0.2, -0.15) is 13.2 Å². The van der Waals surface area contributed by atoms with Crippen molar-refractivity contribution < 1.29 is 32.6 Å². The highest BCUT2D eigenvalue weighted by Crippen LogP contribution is 2.40. The van der Waals surface area contributed by atoms with Gasteiger partial charge in [-0.3, -0.25) is 4.79 Å². The maximum atomic E-state index is 13.5. The number of benzene rings is 2. The first-order chi connectivity index (χ1) is 16.0. The molecule has 0 amide bonds. The lowest BCUT2D eigenvalue weighted by molar-refractivity contribution is -0.139. The molecule has 0 saturated carbocycles. The monoisotopic (exact) mass is 491 g/mol. The fourth-order valence-electron chi connectivity index (χ4n) is 3.57. The molecule has 9 heteroatoms. The minimum absolute atomic E-state index is 0.0134. The first kappa shape index (κ1) is 25.4. The zero-order chi connectivity index (χ0) is 25.0. The Bertz CT molecular complexity index is 1200. The summed E-state index contributed by atoms with van der Waals surface area (Å²) < 4.78 is 45.6. The van der Waals surface area contributed by atoms with Crippen LogP contribution in [0.15, 0.2) is 42.5 Å². The lowest BCUT2D eigenvalue weighted by atomic mass is 9.99. The van der Waals surface area contributed by atoms with Gasteiger partial charge in [0.25, 0.3) is 0 Å². The molecule has 1 heterocycles. The van der Waals surface area contributed by atoms with E-state index in [2.05, 4.69) is 4.98 Å². The van der Waals surface area contributed by atoms with Gasteiger partial charge in [0, 0.05) is 22.4 Å². The lowest BCUT2D eigenvalue weighted by Crippen LogP contribution is -2.10. The van der Waals surface area contributed by atoms with E-state index in [4.69, 9.17) is 9.84 Å². The molecule has 3 rings (SSSR count). The molecule has 0 fully saturated rings. The molecule has 1 N–H and O–H groups in total. The number of alkyl halides is 3. The summed E-state index contributed by atoms with van der Waals surface area (Å²) in [5.41, 5.74) is 1.13. The standard InChI is InChI=1S/C25H24F3NO4S/c1-14(2)23-21(34-24(29-23)18-6-4-5-7-19(18)25(26,27)28)11-10-20(30)17-9-8-16(12-15(17)3)33-13-22(31)32/h4-9,12,14H,10-11,13H2,1-3H3,(H,31,32). The number of Topliss-reactive ketones (excluding diaryl/α,β-unsaturated/α-hetero) is 1. The average Bonchev–Trinajstić information content (AvgIpc) is 3.20. The van der Waals surface area contributed by atoms with Crippen molar-refractivity contribution in [3.63, 3.8) is 0 Å². The summed E-state index contributed by atoms with van der Waals surface area (Å²) in [4.78, 5) is 28.8. The number of ether oxygens (including phenoxy) is 1. The summed E-state index contributed by atoms with van der Waals surface area (Å²) in [6.45, 7) is 5.09. The Hall–Kier alpha value is -3.20. The molecule has 1 aromatic heterocycles. The van der Waals surface area contributed by atoms with E-state index >= 15 is 0 Å². The minimum Gasteiger partial charge on any atom is -0.482 e. The molecule has 0 saturated heterocycles. The summed E-state index contributed by atoms with van der Waals surface area (Å²) in [7, 11) is 0. The quantitative estimate of drug-likeness (QED) is 0.344. The molecule has 0 atom stereocenters. The number of aliphatic carboxylic acids is 1. The van der Waals surface area contributed by atoms with E-state index in [1.54, 1.807) is 31.2 Å². The van der Waals surface area contributed by atoms with Gasteiger partial charge < -0.3 is 9.84 Å². The molecule has 5 nitrogen and oxygen atoms in total. The first-order valence-electron chi connectivity index (χ1n) is 10.6. The van der Waals surface area contributed by atoms with Crippen molar-refractivity contribution >= 4 is 23.1 Å². The summed E-state index contributed by atoms with van der Waals surface area (Å²) in [5, 5.41) is 9.00. The van der Waals surface area contributed by atoms with E-state index in [0.717, 1.165) is 10.9 Å². The maximum Gasteiger partial charge on any atom is 0.417 e. The van der Waals surface area contributed by atoms with Crippen LogP contribution >= 0.6 is 11.3 Å². The summed E-state index contributed by atoms with van der Waals surface area (Å²) in [5.74, 6) is -0.877. The number of carboxylic acid groups (broad SMARTS) is 1.